The van der Waals surface area contributed by atoms with Gasteiger partial charge in [-0.3, -0.25) is 4.79 Å². The molecule has 0 aromatic heterocycles. The Hall–Kier alpha value is -3.07. The molecule has 1 aliphatic heterocycles. The van der Waals surface area contributed by atoms with Gasteiger partial charge in [0.1, 0.15) is 17.1 Å². The SMILES string of the molecule is COc1ccc2c(c1CNC(=O)OC(C)(C)C)Sc1c(ccc(OC)c1CC(=O)O)N2C. The summed E-state index contributed by atoms with van der Waals surface area (Å²) in [6, 6.07) is 7.50. The van der Waals surface area contributed by atoms with E-state index in [4.69, 9.17) is 14.2 Å². The number of methoxy groups -OCH3 is 2. The van der Waals surface area contributed by atoms with E-state index in [2.05, 4.69) is 5.32 Å². The number of carbonyl (C=O) groups excluding carboxylic acids is 1. The maximum Gasteiger partial charge on any atom is 0.407 e. The van der Waals surface area contributed by atoms with E-state index in [1.807, 2.05) is 30.1 Å². The van der Waals surface area contributed by atoms with Crippen LogP contribution in [0, 0.1) is 0 Å². The summed E-state index contributed by atoms with van der Waals surface area (Å²) in [6.07, 6.45) is -0.696. The van der Waals surface area contributed by atoms with Gasteiger partial charge in [-0.25, -0.2) is 4.79 Å². The molecule has 2 N–H and O–H groups in total. The molecular weight excluding hydrogens is 432 g/mol. The van der Waals surface area contributed by atoms with Crippen LogP contribution in [0.1, 0.15) is 31.9 Å². The lowest BCUT2D eigenvalue weighted by Gasteiger charge is -2.33. The van der Waals surface area contributed by atoms with Gasteiger partial charge in [-0.05, 0) is 45.0 Å². The minimum Gasteiger partial charge on any atom is -0.496 e. The first-order valence-electron chi connectivity index (χ1n) is 10.1. The van der Waals surface area contributed by atoms with Crippen LogP contribution in [-0.2, 0) is 22.5 Å². The molecule has 0 saturated carbocycles. The summed E-state index contributed by atoms with van der Waals surface area (Å²) in [7, 11) is 5.02. The Balaban J connectivity index is 2.05. The number of nitrogens with zero attached hydrogens (tertiary/aromatic N) is 1. The van der Waals surface area contributed by atoms with Crippen molar-refractivity contribution in [3.05, 3.63) is 35.4 Å². The third kappa shape index (κ3) is 4.88. The third-order valence-electron chi connectivity index (χ3n) is 4.90. The van der Waals surface area contributed by atoms with Crippen LogP contribution in [0.3, 0.4) is 0 Å². The molecule has 0 atom stereocenters. The molecule has 0 saturated heterocycles. The molecule has 0 aliphatic carbocycles. The van der Waals surface area contributed by atoms with Gasteiger partial charge in [0.05, 0.1) is 38.6 Å². The van der Waals surface area contributed by atoms with Crippen molar-refractivity contribution in [2.45, 2.75) is 49.1 Å². The molecule has 0 bridgehead atoms. The second-order valence-corrected chi connectivity index (χ2v) is 9.30. The van der Waals surface area contributed by atoms with Crippen LogP contribution in [0.5, 0.6) is 11.5 Å². The van der Waals surface area contributed by atoms with E-state index < -0.39 is 17.7 Å². The first-order chi connectivity index (χ1) is 15.1. The molecule has 0 spiro atoms. The average molecular weight is 461 g/mol. The molecule has 2 aromatic carbocycles. The zero-order valence-electron chi connectivity index (χ0n) is 19.1. The normalized spacial score (nSPS) is 12.5. The van der Waals surface area contributed by atoms with E-state index in [1.54, 1.807) is 33.9 Å². The van der Waals surface area contributed by atoms with Crippen molar-refractivity contribution in [1.29, 1.82) is 0 Å². The quantitative estimate of drug-likeness (QED) is 0.646. The number of benzene rings is 2. The van der Waals surface area contributed by atoms with Gasteiger partial charge in [-0.2, -0.15) is 0 Å². The molecule has 2 aromatic rings. The number of fused-ring (bicyclic) bond motifs is 2. The van der Waals surface area contributed by atoms with Crippen molar-refractivity contribution in [3.63, 3.8) is 0 Å². The Morgan fingerprint density at radius 2 is 1.53 bits per heavy atom. The number of ether oxygens (including phenoxy) is 3. The maximum atomic E-state index is 12.2. The van der Waals surface area contributed by atoms with Crippen LogP contribution in [-0.4, -0.2) is 44.0 Å². The zero-order chi connectivity index (χ0) is 23.6. The number of hydrogen-bond acceptors (Lipinski definition) is 7. The highest BCUT2D eigenvalue weighted by Crippen LogP contribution is 2.53. The summed E-state index contributed by atoms with van der Waals surface area (Å²) in [4.78, 5) is 27.5. The molecule has 172 valence electrons. The van der Waals surface area contributed by atoms with Crippen molar-refractivity contribution >= 4 is 35.2 Å². The molecular formula is C23H28N2O6S. The van der Waals surface area contributed by atoms with Crippen LogP contribution < -0.4 is 19.7 Å². The van der Waals surface area contributed by atoms with E-state index >= 15 is 0 Å². The summed E-state index contributed by atoms with van der Waals surface area (Å²) in [6.45, 7) is 5.60. The van der Waals surface area contributed by atoms with Gasteiger partial charge in [0.2, 0.25) is 0 Å². The van der Waals surface area contributed by atoms with Crippen LogP contribution in [0.4, 0.5) is 16.2 Å². The van der Waals surface area contributed by atoms with E-state index in [0.717, 1.165) is 26.7 Å². The Morgan fingerprint density at radius 3 is 2.03 bits per heavy atom. The lowest BCUT2D eigenvalue weighted by Crippen LogP contribution is -2.32. The number of carbonyl (C=O) groups is 2. The predicted molar refractivity (Wildman–Crippen MR) is 123 cm³/mol. The first kappa shape index (κ1) is 23.6. The van der Waals surface area contributed by atoms with E-state index in [0.29, 0.717) is 17.1 Å². The van der Waals surface area contributed by atoms with Gasteiger partial charge >= 0.3 is 12.1 Å². The first-order valence-corrected chi connectivity index (χ1v) is 10.9. The molecule has 32 heavy (non-hydrogen) atoms. The molecule has 1 heterocycles. The number of carboxylic acids is 1. The molecule has 0 fully saturated rings. The van der Waals surface area contributed by atoms with Gasteiger partial charge in [0.25, 0.3) is 0 Å². The van der Waals surface area contributed by atoms with Crippen LogP contribution in [0.25, 0.3) is 0 Å². The molecule has 0 unspecified atom stereocenters. The highest BCUT2D eigenvalue weighted by Gasteiger charge is 2.29. The Morgan fingerprint density at radius 1 is 1.00 bits per heavy atom. The lowest BCUT2D eigenvalue weighted by molar-refractivity contribution is -0.136. The second kappa shape index (κ2) is 9.20. The lowest BCUT2D eigenvalue weighted by atomic mass is 10.1. The zero-order valence-corrected chi connectivity index (χ0v) is 19.9. The highest BCUT2D eigenvalue weighted by molar-refractivity contribution is 7.99. The number of amides is 1. The fourth-order valence-corrected chi connectivity index (χ4v) is 4.94. The molecule has 8 nitrogen and oxygen atoms in total. The summed E-state index contributed by atoms with van der Waals surface area (Å²) < 4.78 is 16.4. The van der Waals surface area contributed by atoms with Gasteiger partial charge in [-0.1, -0.05) is 11.8 Å². The van der Waals surface area contributed by atoms with Crippen molar-refractivity contribution in [1.82, 2.24) is 5.32 Å². The Labute approximate surface area is 191 Å². The standard InChI is InChI=1S/C23H28N2O6S/c1-23(2,3)31-22(28)24-12-14-18(30-6)10-8-16-21(14)32-20-13(11-19(26)27)17(29-5)9-7-15(20)25(16)4/h7-10H,11-12H2,1-6H3,(H,24,28)(H,26,27). The third-order valence-corrected chi connectivity index (χ3v) is 6.22. The molecule has 0 radical (unpaired) electrons. The van der Waals surface area contributed by atoms with E-state index in [9.17, 15) is 14.7 Å². The summed E-state index contributed by atoms with van der Waals surface area (Å²) in [5.74, 6) is 0.196. The van der Waals surface area contributed by atoms with Gasteiger partial charge in [0.15, 0.2) is 0 Å². The molecule has 9 heteroatoms. The second-order valence-electron chi connectivity index (χ2n) is 8.28. The maximum absolute atomic E-state index is 12.2. The van der Waals surface area contributed by atoms with Crippen molar-refractivity contribution < 1.29 is 28.9 Å². The topological polar surface area (TPSA) is 97.3 Å². The number of rotatable bonds is 6. The van der Waals surface area contributed by atoms with Crippen molar-refractivity contribution in [2.24, 2.45) is 0 Å². The van der Waals surface area contributed by atoms with Gasteiger partial charge in [-0.15, -0.1) is 0 Å². The number of nitrogens with one attached hydrogen (secondary N) is 1. The minimum atomic E-state index is -0.941. The monoisotopic (exact) mass is 460 g/mol. The van der Waals surface area contributed by atoms with E-state index in [1.165, 1.54) is 18.9 Å². The fourth-order valence-electron chi connectivity index (χ4n) is 3.53. The molecule has 3 rings (SSSR count). The number of hydrogen-bond donors (Lipinski definition) is 2. The Kier molecular flexibility index (Phi) is 6.78. The number of alkyl carbamates (subject to hydrolysis) is 1. The van der Waals surface area contributed by atoms with Crippen LogP contribution in [0.15, 0.2) is 34.1 Å². The summed E-state index contributed by atoms with van der Waals surface area (Å²) in [5, 5.41) is 12.3. The Bertz CT molecular complexity index is 1050. The summed E-state index contributed by atoms with van der Waals surface area (Å²) in [5.41, 5.74) is 2.59. The van der Waals surface area contributed by atoms with E-state index in [-0.39, 0.29) is 13.0 Å². The van der Waals surface area contributed by atoms with Gasteiger partial charge < -0.3 is 29.5 Å². The highest BCUT2D eigenvalue weighted by atomic mass is 32.2. The average Bonchev–Trinajstić information content (AvgIpc) is 2.71. The van der Waals surface area contributed by atoms with Crippen molar-refractivity contribution in [2.75, 3.05) is 26.2 Å². The number of anilines is 2. The van der Waals surface area contributed by atoms with Crippen molar-refractivity contribution in [3.8, 4) is 11.5 Å². The number of carboxylic acid groups (broad SMARTS) is 1. The van der Waals surface area contributed by atoms with Crippen LogP contribution >= 0.6 is 11.8 Å². The minimum absolute atomic E-state index is 0.169. The molecule has 1 aliphatic rings. The summed E-state index contributed by atoms with van der Waals surface area (Å²) >= 11 is 1.45. The largest absolute Gasteiger partial charge is 0.496 e. The fraction of sp³-hybridized carbons (Fsp3) is 0.391. The predicted octanol–water partition coefficient (Wildman–Crippen LogP) is 4.59. The number of aliphatic carboxylic acids is 1. The van der Waals surface area contributed by atoms with Crippen LogP contribution in [0.2, 0.25) is 0 Å². The van der Waals surface area contributed by atoms with Gasteiger partial charge in [0, 0.05) is 28.0 Å². The molecule has 1 amide bonds. The smallest absolute Gasteiger partial charge is 0.407 e.